The van der Waals surface area contributed by atoms with Crippen LogP contribution in [0.3, 0.4) is 0 Å². The van der Waals surface area contributed by atoms with Crippen molar-refractivity contribution in [2.24, 2.45) is 0 Å². The van der Waals surface area contributed by atoms with Crippen LogP contribution in [0.2, 0.25) is 0 Å². The summed E-state index contributed by atoms with van der Waals surface area (Å²) >= 11 is 0. The summed E-state index contributed by atoms with van der Waals surface area (Å²) in [5.74, 6) is -0.360. The van der Waals surface area contributed by atoms with Gasteiger partial charge in [-0.3, -0.25) is 9.52 Å². The Hall–Kier alpha value is -3.12. The van der Waals surface area contributed by atoms with Crippen molar-refractivity contribution in [3.63, 3.8) is 0 Å². The zero-order valence-corrected chi connectivity index (χ0v) is 17.5. The Labute approximate surface area is 171 Å². The molecule has 0 unspecified atom stereocenters. The molecule has 2 N–H and O–H groups in total. The highest BCUT2D eigenvalue weighted by atomic mass is 32.2. The van der Waals surface area contributed by atoms with E-state index in [1.54, 1.807) is 31.2 Å². The van der Waals surface area contributed by atoms with Gasteiger partial charge in [0.1, 0.15) is 0 Å². The summed E-state index contributed by atoms with van der Waals surface area (Å²) in [7, 11) is -3.82. The monoisotopic (exact) mass is 408 g/mol. The minimum atomic E-state index is -3.82. The molecule has 0 aliphatic carbocycles. The second-order valence-corrected chi connectivity index (χ2v) is 8.61. The van der Waals surface area contributed by atoms with Crippen LogP contribution < -0.4 is 10.0 Å². The van der Waals surface area contributed by atoms with Crippen molar-refractivity contribution in [1.29, 1.82) is 0 Å². The predicted octanol–water partition coefficient (Wildman–Crippen LogP) is 4.92. The molecule has 0 bridgehead atoms. The van der Waals surface area contributed by atoms with E-state index in [-0.39, 0.29) is 16.4 Å². The number of benzene rings is 3. The van der Waals surface area contributed by atoms with Gasteiger partial charge in [-0.05, 0) is 67.8 Å². The molecule has 0 radical (unpaired) electrons. The van der Waals surface area contributed by atoms with Crippen molar-refractivity contribution in [2.45, 2.75) is 32.1 Å². The summed E-state index contributed by atoms with van der Waals surface area (Å²) in [6.45, 7) is 5.70. The molecule has 5 nitrogen and oxygen atoms in total. The number of nitrogens with one attached hydrogen (secondary N) is 2. The lowest BCUT2D eigenvalue weighted by molar-refractivity contribution is 0.102. The highest BCUT2D eigenvalue weighted by Crippen LogP contribution is 2.22. The molecular formula is C23H24N2O3S. The first-order valence-corrected chi connectivity index (χ1v) is 10.9. The van der Waals surface area contributed by atoms with Crippen molar-refractivity contribution in [3.8, 4) is 0 Å². The molecular weight excluding hydrogens is 384 g/mol. The lowest BCUT2D eigenvalue weighted by Crippen LogP contribution is -2.17. The molecule has 6 heteroatoms. The minimum Gasteiger partial charge on any atom is -0.322 e. The smallest absolute Gasteiger partial charge is 0.262 e. The molecule has 0 fully saturated rings. The number of hydrogen-bond acceptors (Lipinski definition) is 3. The second kappa shape index (κ2) is 8.49. The average molecular weight is 409 g/mol. The van der Waals surface area contributed by atoms with E-state index in [0.717, 1.165) is 12.0 Å². The molecule has 29 heavy (non-hydrogen) atoms. The standard InChI is InChI=1S/C23H24N2O3S/c1-4-18-8-13-20(14-9-18)24-23(26)19-10-7-17(3)22(15-19)29(27,28)25-21-11-5-16(2)6-12-21/h5-15,25H,4H2,1-3H3,(H,24,26). The third kappa shape index (κ3) is 5.03. The zero-order chi connectivity index (χ0) is 21.0. The minimum absolute atomic E-state index is 0.0760. The van der Waals surface area contributed by atoms with Gasteiger partial charge < -0.3 is 5.32 Å². The van der Waals surface area contributed by atoms with E-state index in [1.165, 1.54) is 11.6 Å². The fourth-order valence-electron chi connectivity index (χ4n) is 2.89. The molecule has 1 amide bonds. The predicted molar refractivity (Wildman–Crippen MR) is 117 cm³/mol. The van der Waals surface area contributed by atoms with Crippen LogP contribution in [0.1, 0.15) is 34.0 Å². The quantitative estimate of drug-likeness (QED) is 0.608. The number of hydrogen-bond donors (Lipinski definition) is 2. The number of rotatable bonds is 6. The number of aryl methyl sites for hydroxylation is 3. The lowest BCUT2D eigenvalue weighted by atomic mass is 10.1. The van der Waals surface area contributed by atoms with Crippen molar-refractivity contribution in [3.05, 3.63) is 89.0 Å². The molecule has 3 aromatic rings. The summed E-state index contributed by atoms with van der Waals surface area (Å²) in [6, 6.07) is 19.3. The van der Waals surface area contributed by atoms with Crippen molar-refractivity contribution >= 4 is 27.3 Å². The van der Waals surface area contributed by atoms with Gasteiger partial charge in [0.05, 0.1) is 4.90 Å². The summed E-state index contributed by atoms with van der Waals surface area (Å²) in [6.07, 6.45) is 0.918. The Balaban J connectivity index is 1.84. The number of carbonyl (C=O) groups excluding carboxylic acids is 1. The number of amides is 1. The first-order chi connectivity index (χ1) is 13.8. The second-order valence-electron chi connectivity index (χ2n) is 6.96. The third-order valence-electron chi connectivity index (χ3n) is 4.66. The molecule has 0 atom stereocenters. The van der Waals surface area contributed by atoms with Gasteiger partial charge in [-0.15, -0.1) is 0 Å². The van der Waals surface area contributed by atoms with E-state index >= 15 is 0 Å². The van der Waals surface area contributed by atoms with Gasteiger partial charge in [-0.25, -0.2) is 8.42 Å². The molecule has 0 spiro atoms. The van der Waals surface area contributed by atoms with Gasteiger partial charge in [-0.1, -0.05) is 42.8 Å². The van der Waals surface area contributed by atoms with E-state index in [0.29, 0.717) is 16.9 Å². The van der Waals surface area contributed by atoms with Gasteiger partial charge >= 0.3 is 0 Å². The molecule has 3 rings (SSSR count). The van der Waals surface area contributed by atoms with Crippen molar-refractivity contribution in [1.82, 2.24) is 0 Å². The van der Waals surface area contributed by atoms with Crippen LogP contribution in [-0.2, 0) is 16.4 Å². The Morgan fingerprint density at radius 2 is 1.48 bits per heavy atom. The normalized spacial score (nSPS) is 11.1. The van der Waals surface area contributed by atoms with Crippen LogP contribution in [-0.4, -0.2) is 14.3 Å². The van der Waals surface area contributed by atoms with E-state index in [9.17, 15) is 13.2 Å². The Morgan fingerprint density at radius 1 is 0.862 bits per heavy atom. The zero-order valence-electron chi connectivity index (χ0n) is 16.7. The fourth-order valence-corrected chi connectivity index (χ4v) is 4.22. The molecule has 3 aromatic carbocycles. The Bertz CT molecular complexity index is 1120. The summed E-state index contributed by atoms with van der Waals surface area (Å²) < 4.78 is 28.3. The maximum Gasteiger partial charge on any atom is 0.262 e. The van der Waals surface area contributed by atoms with Crippen LogP contribution in [0.15, 0.2) is 71.6 Å². The van der Waals surface area contributed by atoms with E-state index in [4.69, 9.17) is 0 Å². The van der Waals surface area contributed by atoms with Gasteiger partial charge in [0.15, 0.2) is 0 Å². The van der Waals surface area contributed by atoms with Gasteiger partial charge in [0.25, 0.3) is 15.9 Å². The topological polar surface area (TPSA) is 75.3 Å². The number of carbonyl (C=O) groups is 1. The first-order valence-electron chi connectivity index (χ1n) is 9.39. The molecule has 150 valence electrons. The molecule has 0 aliphatic heterocycles. The molecule has 0 aromatic heterocycles. The van der Waals surface area contributed by atoms with Crippen LogP contribution in [0.4, 0.5) is 11.4 Å². The third-order valence-corrected chi connectivity index (χ3v) is 6.19. The van der Waals surface area contributed by atoms with Crippen LogP contribution in [0, 0.1) is 13.8 Å². The Kier molecular flexibility index (Phi) is 6.03. The lowest BCUT2D eigenvalue weighted by Gasteiger charge is -2.12. The highest BCUT2D eigenvalue weighted by Gasteiger charge is 2.19. The average Bonchev–Trinajstić information content (AvgIpc) is 2.70. The number of anilines is 2. The number of sulfonamides is 1. The molecule has 0 heterocycles. The summed E-state index contributed by atoms with van der Waals surface area (Å²) in [5.41, 5.74) is 4.19. The molecule has 0 aliphatic rings. The first kappa shape index (κ1) is 20.6. The van der Waals surface area contributed by atoms with E-state index in [1.807, 2.05) is 43.3 Å². The fraction of sp³-hybridized carbons (Fsp3) is 0.174. The SMILES string of the molecule is CCc1ccc(NC(=O)c2ccc(C)c(S(=O)(=O)Nc3ccc(C)cc3)c2)cc1. The largest absolute Gasteiger partial charge is 0.322 e. The Morgan fingerprint density at radius 3 is 2.10 bits per heavy atom. The summed E-state index contributed by atoms with van der Waals surface area (Å²) in [5, 5.41) is 2.81. The van der Waals surface area contributed by atoms with E-state index in [2.05, 4.69) is 17.0 Å². The molecule has 0 saturated carbocycles. The summed E-state index contributed by atoms with van der Waals surface area (Å²) in [4.78, 5) is 12.7. The van der Waals surface area contributed by atoms with Gasteiger partial charge in [0.2, 0.25) is 0 Å². The van der Waals surface area contributed by atoms with Gasteiger partial charge in [-0.2, -0.15) is 0 Å². The van der Waals surface area contributed by atoms with Crippen LogP contribution in [0.25, 0.3) is 0 Å². The van der Waals surface area contributed by atoms with Crippen molar-refractivity contribution in [2.75, 3.05) is 10.0 Å². The van der Waals surface area contributed by atoms with Crippen molar-refractivity contribution < 1.29 is 13.2 Å². The maximum atomic E-state index is 12.9. The highest BCUT2D eigenvalue weighted by molar-refractivity contribution is 7.92. The van der Waals surface area contributed by atoms with Gasteiger partial charge in [0, 0.05) is 16.9 Å². The van der Waals surface area contributed by atoms with Crippen LogP contribution in [0.5, 0.6) is 0 Å². The van der Waals surface area contributed by atoms with Crippen LogP contribution >= 0.6 is 0 Å². The van der Waals surface area contributed by atoms with E-state index < -0.39 is 10.0 Å². The molecule has 0 saturated heterocycles. The maximum absolute atomic E-state index is 12.9.